The lowest BCUT2D eigenvalue weighted by atomic mass is 10.1. The number of anilines is 1. The van der Waals surface area contributed by atoms with E-state index >= 15 is 0 Å². The third-order valence-electron chi connectivity index (χ3n) is 4.60. The van der Waals surface area contributed by atoms with Gasteiger partial charge in [0, 0.05) is 12.3 Å². The van der Waals surface area contributed by atoms with Gasteiger partial charge in [0.2, 0.25) is 5.82 Å². The number of para-hydroxylation sites is 1. The van der Waals surface area contributed by atoms with Gasteiger partial charge in [-0.25, -0.2) is 22.0 Å². The molecule has 0 aliphatic carbocycles. The lowest BCUT2D eigenvalue weighted by Crippen LogP contribution is -2.13. The minimum absolute atomic E-state index is 0.0312. The second-order valence-corrected chi connectivity index (χ2v) is 7.74. The molecule has 0 saturated carbocycles. The van der Waals surface area contributed by atoms with Crippen LogP contribution in [0.25, 0.3) is 0 Å². The molecule has 1 N–H and O–H groups in total. The Morgan fingerprint density at radius 2 is 1.65 bits per heavy atom. The number of nitrogens with one attached hydrogen (secondary N) is 1. The van der Waals surface area contributed by atoms with Crippen molar-refractivity contribution in [1.82, 2.24) is 9.78 Å². The molecule has 2 heterocycles. The Balaban J connectivity index is 1.40. The van der Waals surface area contributed by atoms with Gasteiger partial charge in [-0.1, -0.05) is 12.1 Å². The van der Waals surface area contributed by atoms with Crippen molar-refractivity contribution in [1.29, 1.82) is 0 Å². The number of ether oxygens (including phenoxy) is 1. The molecule has 4 aromatic rings. The molecule has 0 unspecified atom stereocenters. The molecule has 4 rings (SSSR count). The van der Waals surface area contributed by atoms with Gasteiger partial charge in [-0.15, -0.1) is 0 Å². The normalized spacial score (nSPS) is 11.0. The molecule has 1 amide bonds. The summed E-state index contributed by atoms with van der Waals surface area (Å²) in [6.07, 6.45) is 1.20. The van der Waals surface area contributed by atoms with Gasteiger partial charge in [-0.05, 0) is 40.2 Å². The maximum atomic E-state index is 13.9. The van der Waals surface area contributed by atoms with Crippen molar-refractivity contribution in [3.63, 3.8) is 0 Å². The van der Waals surface area contributed by atoms with Crippen LogP contribution in [-0.4, -0.2) is 15.7 Å². The predicted molar refractivity (Wildman–Crippen MR) is 113 cm³/mol. The number of hydrogen-bond acceptors (Lipinski definition) is 4. The maximum Gasteiger partial charge on any atom is 0.292 e. The summed E-state index contributed by atoms with van der Waals surface area (Å²) in [6.45, 7) is -0.689. The van der Waals surface area contributed by atoms with Crippen molar-refractivity contribution in [3.05, 3.63) is 99.3 Å². The SMILES string of the molecule is O=C(Nc1ccn(Cc2c(F)c(F)c(F)c(F)c2F)n1)c1ccc(COc2ccccc2Br)o1. The molecule has 12 heteroatoms. The van der Waals surface area contributed by atoms with Gasteiger partial charge in [0.25, 0.3) is 5.91 Å². The minimum Gasteiger partial charge on any atom is -0.484 e. The molecule has 2 aromatic carbocycles. The van der Waals surface area contributed by atoms with Crippen LogP contribution in [0, 0.1) is 29.1 Å². The van der Waals surface area contributed by atoms with Crippen LogP contribution in [0.2, 0.25) is 0 Å². The third-order valence-corrected chi connectivity index (χ3v) is 5.25. The van der Waals surface area contributed by atoms with E-state index in [9.17, 15) is 26.7 Å². The molecule has 0 spiro atoms. The van der Waals surface area contributed by atoms with Gasteiger partial charge in [0.15, 0.2) is 34.8 Å². The van der Waals surface area contributed by atoms with Crippen LogP contribution < -0.4 is 10.1 Å². The number of benzene rings is 2. The van der Waals surface area contributed by atoms with Crippen molar-refractivity contribution in [3.8, 4) is 5.75 Å². The van der Waals surface area contributed by atoms with E-state index in [4.69, 9.17) is 9.15 Å². The molecule has 6 nitrogen and oxygen atoms in total. The van der Waals surface area contributed by atoms with Crippen molar-refractivity contribution >= 4 is 27.7 Å². The minimum atomic E-state index is -2.24. The van der Waals surface area contributed by atoms with Crippen LogP contribution >= 0.6 is 15.9 Å². The monoisotopic (exact) mass is 541 g/mol. The summed E-state index contributed by atoms with van der Waals surface area (Å²) in [5.74, 6) is -10.0. The highest BCUT2D eigenvalue weighted by Crippen LogP contribution is 2.26. The number of rotatable bonds is 7. The third kappa shape index (κ3) is 4.81. The smallest absolute Gasteiger partial charge is 0.292 e. The number of carbonyl (C=O) groups excluding carboxylic acids is 1. The fraction of sp³-hybridized carbons (Fsp3) is 0.0909. The summed E-state index contributed by atoms with van der Waals surface area (Å²) >= 11 is 3.35. The Morgan fingerprint density at radius 1 is 0.971 bits per heavy atom. The van der Waals surface area contributed by atoms with Crippen molar-refractivity contribution < 1.29 is 35.9 Å². The predicted octanol–water partition coefficient (Wildman–Crippen LogP) is 5.81. The van der Waals surface area contributed by atoms with Crippen molar-refractivity contribution in [2.75, 3.05) is 5.32 Å². The largest absolute Gasteiger partial charge is 0.484 e. The number of halogens is 6. The van der Waals surface area contributed by atoms with Crippen LogP contribution in [-0.2, 0) is 13.2 Å². The molecular weight excluding hydrogens is 529 g/mol. The molecule has 0 aliphatic heterocycles. The number of nitrogens with zero attached hydrogens (tertiary/aromatic N) is 2. The summed E-state index contributed by atoms with van der Waals surface area (Å²) in [6, 6.07) is 11.4. The Labute approximate surface area is 197 Å². The highest BCUT2D eigenvalue weighted by Gasteiger charge is 2.26. The Morgan fingerprint density at radius 3 is 2.35 bits per heavy atom. The van der Waals surface area contributed by atoms with Crippen LogP contribution in [0.4, 0.5) is 27.8 Å². The first-order chi connectivity index (χ1) is 16.2. The maximum absolute atomic E-state index is 13.9. The Bertz CT molecular complexity index is 1340. The molecule has 0 fully saturated rings. The van der Waals surface area contributed by atoms with E-state index in [1.54, 1.807) is 24.3 Å². The summed E-state index contributed by atoms with van der Waals surface area (Å²) in [4.78, 5) is 12.4. The lowest BCUT2D eigenvalue weighted by molar-refractivity contribution is 0.0992. The van der Waals surface area contributed by atoms with Gasteiger partial charge in [0.1, 0.15) is 18.1 Å². The second kappa shape index (κ2) is 9.67. The molecule has 0 bridgehead atoms. The van der Waals surface area contributed by atoms with Crippen LogP contribution in [0.15, 0.2) is 57.6 Å². The highest BCUT2D eigenvalue weighted by molar-refractivity contribution is 9.10. The average molecular weight is 542 g/mol. The first-order valence-electron chi connectivity index (χ1n) is 9.55. The van der Waals surface area contributed by atoms with Crippen LogP contribution in [0.1, 0.15) is 21.9 Å². The fourth-order valence-corrected chi connectivity index (χ4v) is 3.33. The number of carbonyl (C=O) groups is 1. The van der Waals surface area contributed by atoms with E-state index in [0.717, 1.165) is 9.15 Å². The molecule has 34 heavy (non-hydrogen) atoms. The van der Waals surface area contributed by atoms with E-state index in [2.05, 4.69) is 26.3 Å². The first-order valence-corrected chi connectivity index (χ1v) is 10.3. The molecule has 176 valence electrons. The van der Waals surface area contributed by atoms with Gasteiger partial charge in [-0.2, -0.15) is 5.10 Å². The Hall–Kier alpha value is -3.67. The number of amides is 1. The number of hydrogen-bond donors (Lipinski definition) is 1. The van der Waals surface area contributed by atoms with Crippen molar-refractivity contribution in [2.24, 2.45) is 0 Å². The van der Waals surface area contributed by atoms with Gasteiger partial charge in [0.05, 0.1) is 16.6 Å². The van der Waals surface area contributed by atoms with Gasteiger partial charge >= 0.3 is 0 Å². The number of furan rings is 1. The highest BCUT2D eigenvalue weighted by atomic mass is 79.9. The van der Waals surface area contributed by atoms with Crippen LogP contribution in [0.3, 0.4) is 0 Å². The van der Waals surface area contributed by atoms with E-state index in [-0.39, 0.29) is 18.2 Å². The fourth-order valence-electron chi connectivity index (χ4n) is 2.93. The van der Waals surface area contributed by atoms with Gasteiger partial charge < -0.3 is 14.5 Å². The molecular formula is C22H13BrF5N3O3. The average Bonchev–Trinajstić information content (AvgIpc) is 3.48. The van der Waals surface area contributed by atoms with E-state index in [1.807, 2.05) is 6.07 Å². The van der Waals surface area contributed by atoms with E-state index < -0.39 is 47.1 Å². The zero-order chi connectivity index (χ0) is 24.4. The summed E-state index contributed by atoms with van der Waals surface area (Å²) in [7, 11) is 0. The quantitative estimate of drug-likeness (QED) is 0.182. The van der Waals surface area contributed by atoms with Gasteiger partial charge in [-0.3, -0.25) is 9.48 Å². The molecule has 0 saturated heterocycles. The summed E-state index contributed by atoms with van der Waals surface area (Å²) in [5.41, 5.74) is -1.06. The topological polar surface area (TPSA) is 69.3 Å². The zero-order valence-corrected chi connectivity index (χ0v) is 18.5. The van der Waals surface area contributed by atoms with Crippen LogP contribution in [0.5, 0.6) is 5.75 Å². The second-order valence-electron chi connectivity index (χ2n) is 6.89. The lowest BCUT2D eigenvalue weighted by Gasteiger charge is -2.08. The van der Waals surface area contributed by atoms with E-state index in [1.165, 1.54) is 18.3 Å². The molecule has 0 atom stereocenters. The van der Waals surface area contributed by atoms with E-state index in [0.29, 0.717) is 11.5 Å². The zero-order valence-electron chi connectivity index (χ0n) is 16.9. The standard InChI is InChI=1S/C22H13BrF5N3O3/c23-13-3-1-2-4-14(13)33-10-11-5-6-15(34-11)22(32)29-16-7-8-31(30-16)9-12-17(24)19(26)21(28)20(27)18(12)25/h1-8H,9-10H2,(H,29,30,32). The summed E-state index contributed by atoms with van der Waals surface area (Å²) < 4.78 is 80.4. The summed E-state index contributed by atoms with van der Waals surface area (Å²) in [5, 5.41) is 6.28. The molecule has 0 aliphatic rings. The van der Waals surface area contributed by atoms with Crippen molar-refractivity contribution in [2.45, 2.75) is 13.2 Å². The molecule has 2 aromatic heterocycles. The molecule has 0 radical (unpaired) electrons. The Kier molecular flexibility index (Phi) is 6.68. The first kappa shape index (κ1) is 23.5. The number of aromatic nitrogens is 2.